The lowest BCUT2D eigenvalue weighted by atomic mass is 10.1. The highest BCUT2D eigenvalue weighted by molar-refractivity contribution is 5.79. The van der Waals surface area contributed by atoms with Gasteiger partial charge < -0.3 is 19.9 Å². The minimum atomic E-state index is -0.0679. The first-order chi connectivity index (χ1) is 13.4. The van der Waals surface area contributed by atoms with Crippen LogP contribution in [0.4, 0.5) is 0 Å². The summed E-state index contributed by atoms with van der Waals surface area (Å²) in [4.78, 5) is 19.6. The molecular formula is C22H30N4O2. The van der Waals surface area contributed by atoms with E-state index in [1.165, 1.54) is 16.0 Å². The topological polar surface area (TPSA) is 57.2 Å². The van der Waals surface area contributed by atoms with Gasteiger partial charge in [0.1, 0.15) is 5.75 Å². The number of ether oxygens (including phenoxy) is 1. The van der Waals surface area contributed by atoms with Crippen LogP contribution in [0.5, 0.6) is 5.75 Å². The maximum atomic E-state index is 11.7. The van der Waals surface area contributed by atoms with Gasteiger partial charge in [-0.15, -0.1) is 0 Å². The molecule has 0 heterocycles. The molecule has 0 fully saturated rings. The summed E-state index contributed by atoms with van der Waals surface area (Å²) in [5.74, 6) is 1.42. The van der Waals surface area contributed by atoms with Crippen LogP contribution in [-0.2, 0) is 17.9 Å². The Labute approximate surface area is 167 Å². The van der Waals surface area contributed by atoms with Crippen LogP contribution >= 0.6 is 0 Å². The molecule has 2 rings (SSSR count). The van der Waals surface area contributed by atoms with E-state index in [0.29, 0.717) is 12.3 Å². The van der Waals surface area contributed by atoms with E-state index in [4.69, 9.17) is 4.74 Å². The Hall–Kier alpha value is -3.02. The first kappa shape index (κ1) is 21.3. The smallest absolute Gasteiger partial charge is 0.259 e. The number of guanidine groups is 1. The van der Waals surface area contributed by atoms with E-state index < -0.39 is 0 Å². The van der Waals surface area contributed by atoms with Crippen LogP contribution in [0.2, 0.25) is 0 Å². The van der Waals surface area contributed by atoms with Gasteiger partial charge in [-0.3, -0.25) is 9.79 Å². The van der Waals surface area contributed by atoms with Crippen molar-refractivity contribution >= 4 is 11.9 Å². The Kier molecular flexibility index (Phi) is 7.87. The van der Waals surface area contributed by atoms with Gasteiger partial charge in [-0.25, -0.2) is 0 Å². The second-order valence-corrected chi connectivity index (χ2v) is 6.97. The monoisotopic (exact) mass is 382 g/mol. The number of carbonyl (C=O) groups excluding carboxylic acids is 1. The first-order valence-electron chi connectivity index (χ1n) is 9.28. The maximum Gasteiger partial charge on any atom is 0.259 e. The molecule has 2 aromatic carbocycles. The van der Waals surface area contributed by atoms with Gasteiger partial charge in [0.2, 0.25) is 0 Å². The van der Waals surface area contributed by atoms with E-state index >= 15 is 0 Å². The minimum Gasteiger partial charge on any atom is -0.484 e. The molecule has 6 heteroatoms. The fourth-order valence-corrected chi connectivity index (χ4v) is 2.63. The van der Waals surface area contributed by atoms with Crippen LogP contribution in [0, 0.1) is 6.92 Å². The van der Waals surface area contributed by atoms with Crippen molar-refractivity contribution < 1.29 is 9.53 Å². The van der Waals surface area contributed by atoms with Crippen LogP contribution < -0.4 is 10.1 Å². The summed E-state index contributed by atoms with van der Waals surface area (Å²) in [5, 5.41) is 3.37. The van der Waals surface area contributed by atoms with Crippen molar-refractivity contribution in [1.29, 1.82) is 0 Å². The highest BCUT2D eigenvalue weighted by atomic mass is 16.5. The first-order valence-corrected chi connectivity index (χ1v) is 9.28. The summed E-state index contributed by atoms with van der Waals surface area (Å²) in [6.07, 6.45) is 0. The van der Waals surface area contributed by atoms with Gasteiger partial charge in [-0.1, -0.05) is 42.0 Å². The van der Waals surface area contributed by atoms with Gasteiger partial charge in [-0.05, 0) is 30.2 Å². The van der Waals surface area contributed by atoms with Crippen molar-refractivity contribution in [2.75, 3.05) is 34.8 Å². The second kappa shape index (κ2) is 10.3. The Morgan fingerprint density at radius 3 is 2.43 bits per heavy atom. The number of amides is 1. The zero-order valence-corrected chi connectivity index (χ0v) is 17.4. The molecule has 1 N–H and O–H groups in total. The molecule has 0 spiro atoms. The van der Waals surface area contributed by atoms with E-state index in [0.717, 1.165) is 18.1 Å². The van der Waals surface area contributed by atoms with Crippen LogP contribution in [0.15, 0.2) is 53.5 Å². The lowest BCUT2D eigenvalue weighted by Gasteiger charge is -2.22. The van der Waals surface area contributed by atoms with E-state index in [1.54, 1.807) is 21.1 Å². The predicted octanol–water partition coefficient (Wildman–Crippen LogP) is 2.67. The second-order valence-electron chi connectivity index (χ2n) is 6.97. The van der Waals surface area contributed by atoms with Gasteiger partial charge in [0.25, 0.3) is 5.91 Å². The van der Waals surface area contributed by atoms with Crippen molar-refractivity contribution in [3.05, 3.63) is 65.2 Å². The number of nitrogens with one attached hydrogen (secondary N) is 1. The fraction of sp³-hybridized carbons (Fsp3) is 0.364. The summed E-state index contributed by atoms with van der Waals surface area (Å²) >= 11 is 0. The highest BCUT2D eigenvalue weighted by Crippen LogP contribution is 2.13. The summed E-state index contributed by atoms with van der Waals surface area (Å²) in [5.41, 5.74) is 3.54. The van der Waals surface area contributed by atoms with E-state index in [1.807, 2.05) is 31.3 Å². The highest BCUT2D eigenvalue weighted by Gasteiger charge is 2.08. The Bertz CT molecular complexity index is 800. The number of hydrogen-bond donors (Lipinski definition) is 1. The van der Waals surface area contributed by atoms with Crippen molar-refractivity contribution in [1.82, 2.24) is 15.1 Å². The van der Waals surface area contributed by atoms with Crippen molar-refractivity contribution in [3.8, 4) is 5.75 Å². The fourth-order valence-electron chi connectivity index (χ4n) is 2.63. The molecule has 28 heavy (non-hydrogen) atoms. The molecule has 0 aromatic heterocycles. The zero-order chi connectivity index (χ0) is 20.5. The standard InChI is InChI=1S/C22H30N4O2/c1-17-9-11-18(12-10-17)15-26(5)22(23-2)24-14-19-7-6-8-20(13-19)28-16-21(27)25(3)4/h6-13H,14-16H2,1-5H3,(H,23,24). The molecule has 0 atom stereocenters. The van der Waals surface area contributed by atoms with E-state index in [-0.39, 0.29) is 12.5 Å². The SMILES string of the molecule is CN=C(NCc1cccc(OCC(=O)N(C)C)c1)N(C)Cc1ccc(C)cc1. The molecule has 0 aliphatic heterocycles. The molecule has 0 saturated carbocycles. The maximum absolute atomic E-state index is 11.7. The molecule has 2 aromatic rings. The molecule has 0 aliphatic rings. The molecule has 0 bridgehead atoms. The predicted molar refractivity (Wildman–Crippen MR) is 113 cm³/mol. The molecule has 0 aliphatic carbocycles. The van der Waals surface area contributed by atoms with Crippen LogP contribution in [0.25, 0.3) is 0 Å². The van der Waals surface area contributed by atoms with Gasteiger partial charge in [0, 0.05) is 41.3 Å². The zero-order valence-electron chi connectivity index (χ0n) is 17.4. The number of rotatable bonds is 7. The lowest BCUT2D eigenvalue weighted by molar-refractivity contribution is -0.130. The largest absolute Gasteiger partial charge is 0.484 e. The van der Waals surface area contributed by atoms with Gasteiger partial charge in [-0.2, -0.15) is 0 Å². The summed E-state index contributed by atoms with van der Waals surface area (Å²) < 4.78 is 5.58. The summed E-state index contributed by atoms with van der Waals surface area (Å²) in [6, 6.07) is 16.2. The van der Waals surface area contributed by atoms with Crippen LogP contribution in [0.3, 0.4) is 0 Å². The lowest BCUT2D eigenvalue weighted by Crippen LogP contribution is -2.38. The molecule has 0 radical (unpaired) electrons. The molecule has 150 valence electrons. The average molecular weight is 383 g/mol. The number of carbonyl (C=O) groups is 1. The van der Waals surface area contributed by atoms with Crippen molar-refractivity contribution in [2.45, 2.75) is 20.0 Å². The van der Waals surface area contributed by atoms with Gasteiger partial charge in [0.15, 0.2) is 12.6 Å². The third kappa shape index (κ3) is 6.61. The molecule has 0 unspecified atom stereocenters. The number of aryl methyl sites for hydroxylation is 1. The molecule has 6 nitrogen and oxygen atoms in total. The van der Waals surface area contributed by atoms with Gasteiger partial charge >= 0.3 is 0 Å². The van der Waals surface area contributed by atoms with Gasteiger partial charge in [0.05, 0.1) is 0 Å². The van der Waals surface area contributed by atoms with E-state index in [9.17, 15) is 4.79 Å². The van der Waals surface area contributed by atoms with Crippen LogP contribution in [0.1, 0.15) is 16.7 Å². The number of likely N-dealkylation sites (N-methyl/N-ethyl adjacent to an activating group) is 1. The molecular weight excluding hydrogens is 352 g/mol. The Balaban J connectivity index is 1.91. The molecule has 0 saturated heterocycles. The minimum absolute atomic E-state index is 0.0326. The third-order valence-electron chi connectivity index (χ3n) is 4.32. The Morgan fingerprint density at radius 1 is 1.07 bits per heavy atom. The number of nitrogens with zero attached hydrogens (tertiary/aromatic N) is 3. The molecule has 1 amide bonds. The normalized spacial score (nSPS) is 11.1. The van der Waals surface area contributed by atoms with E-state index in [2.05, 4.69) is 46.4 Å². The third-order valence-corrected chi connectivity index (χ3v) is 4.32. The number of aliphatic imine (C=N–C) groups is 1. The Morgan fingerprint density at radius 2 is 1.79 bits per heavy atom. The van der Waals surface area contributed by atoms with Crippen molar-refractivity contribution in [3.63, 3.8) is 0 Å². The van der Waals surface area contributed by atoms with Crippen molar-refractivity contribution in [2.24, 2.45) is 4.99 Å². The number of hydrogen-bond acceptors (Lipinski definition) is 3. The summed E-state index contributed by atoms with van der Waals surface area (Å²) in [6.45, 7) is 3.51. The average Bonchev–Trinajstić information content (AvgIpc) is 2.68. The summed E-state index contributed by atoms with van der Waals surface area (Å²) in [7, 11) is 7.22. The number of benzene rings is 2. The van der Waals surface area contributed by atoms with Crippen LogP contribution in [-0.4, -0.2) is 56.5 Å². The quantitative estimate of drug-likeness (QED) is 0.591.